The summed E-state index contributed by atoms with van der Waals surface area (Å²) in [6.45, 7) is 4.09. The van der Waals surface area contributed by atoms with Crippen LogP contribution in [0.5, 0.6) is 0 Å². The van der Waals surface area contributed by atoms with Crippen molar-refractivity contribution in [3.05, 3.63) is 0 Å². The smallest absolute Gasteiger partial charge is 0.287 e. The second-order valence-corrected chi connectivity index (χ2v) is 2.87. The third-order valence-corrected chi connectivity index (χ3v) is 1.67. The van der Waals surface area contributed by atoms with Crippen LogP contribution in [0.2, 0.25) is 0 Å². The van der Waals surface area contributed by atoms with E-state index in [0.717, 1.165) is 6.02 Å². The predicted octanol–water partition coefficient (Wildman–Crippen LogP) is 0.711. The molecule has 0 N–H and O–H groups in total. The van der Waals surface area contributed by atoms with Crippen LogP contribution in [-0.2, 0) is 4.74 Å². The van der Waals surface area contributed by atoms with E-state index in [4.69, 9.17) is 4.74 Å². The molecule has 0 bridgehead atoms. The van der Waals surface area contributed by atoms with Crippen LogP contribution in [0.25, 0.3) is 0 Å². The Morgan fingerprint density at radius 1 is 1.40 bits per heavy atom. The fourth-order valence-electron chi connectivity index (χ4n) is 0.795. The zero-order chi connectivity index (χ0) is 7.72. The summed E-state index contributed by atoms with van der Waals surface area (Å²) in [6, 6.07) is 1.05. The average Bonchev–Trinajstić information content (AvgIpc) is 2.13. The van der Waals surface area contributed by atoms with Gasteiger partial charge < -0.3 is 9.64 Å². The molecule has 10 heavy (non-hydrogen) atoms. The van der Waals surface area contributed by atoms with Crippen LogP contribution in [0.3, 0.4) is 0 Å². The minimum absolute atomic E-state index is 0.234. The molecule has 0 radical (unpaired) electrons. The summed E-state index contributed by atoms with van der Waals surface area (Å²) < 4.78 is 5.41. The van der Waals surface area contributed by atoms with E-state index in [1.54, 1.807) is 0 Å². The molecular weight excluding hydrogens is 128 g/mol. The van der Waals surface area contributed by atoms with Crippen molar-refractivity contribution in [3.63, 3.8) is 0 Å². The molecule has 2 atom stereocenters. The van der Waals surface area contributed by atoms with Gasteiger partial charge in [0.05, 0.1) is 6.04 Å². The van der Waals surface area contributed by atoms with Crippen molar-refractivity contribution in [2.75, 3.05) is 14.1 Å². The average molecular weight is 142 g/mol. The standard InChI is InChI=1S/C7H14N2O/c1-5-6(2)10-7(8-5)9(3)4/h5-6H,1-4H3/t5-,6-/m1/s1. The molecule has 3 nitrogen and oxygen atoms in total. The van der Waals surface area contributed by atoms with E-state index in [-0.39, 0.29) is 6.10 Å². The molecule has 0 amide bonds. The molecule has 0 aromatic heterocycles. The number of amidine groups is 1. The van der Waals surface area contributed by atoms with Crippen LogP contribution in [0.4, 0.5) is 0 Å². The Balaban J connectivity index is 2.58. The Labute approximate surface area is 61.7 Å². The van der Waals surface area contributed by atoms with Gasteiger partial charge in [-0.15, -0.1) is 0 Å². The molecule has 58 valence electrons. The molecule has 3 heteroatoms. The fourth-order valence-corrected chi connectivity index (χ4v) is 0.795. The fraction of sp³-hybridized carbons (Fsp3) is 0.857. The van der Waals surface area contributed by atoms with Crippen molar-refractivity contribution in [1.82, 2.24) is 4.90 Å². The lowest BCUT2D eigenvalue weighted by Crippen LogP contribution is -2.24. The molecule has 0 aromatic rings. The third-order valence-electron chi connectivity index (χ3n) is 1.67. The Hall–Kier alpha value is -0.730. The molecule has 0 unspecified atom stereocenters. The lowest BCUT2D eigenvalue weighted by Gasteiger charge is -2.12. The van der Waals surface area contributed by atoms with E-state index in [1.807, 2.05) is 25.9 Å². The lowest BCUT2D eigenvalue weighted by molar-refractivity contribution is 0.193. The molecule has 0 saturated carbocycles. The highest BCUT2D eigenvalue weighted by atomic mass is 16.5. The van der Waals surface area contributed by atoms with Crippen molar-refractivity contribution in [1.29, 1.82) is 0 Å². The zero-order valence-corrected chi connectivity index (χ0v) is 6.96. The Bertz CT molecular complexity index is 154. The summed E-state index contributed by atoms with van der Waals surface area (Å²) in [6.07, 6.45) is 0.234. The maximum atomic E-state index is 5.41. The molecule has 0 aliphatic carbocycles. The second-order valence-electron chi connectivity index (χ2n) is 2.87. The Kier molecular flexibility index (Phi) is 1.83. The first kappa shape index (κ1) is 7.38. The first-order valence-corrected chi connectivity index (χ1v) is 3.53. The van der Waals surface area contributed by atoms with E-state index < -0.39 is 0 Å². The van der Waals surface area contributed by atoms with E-state index in [9.17, 15) is 0 Å². The first-order valence-electron chi connectivity index (χ1n) is 3.53. The minimum atomic E-state index is 0.234. The summed E-state index contributed by atoms with van der Waals surface area (Å²) in [7, 11) is 3.87. The van der Waals surface area contributed by atoms with Gasteiger partial charge in [-0.1, -0.05) is 0 Å². The summed E-state index contributed by atoms with van der Waals surface area (Å²) in [5.41, 5.74) is 0. The molecular formula is C7H14N2O. The van der Waals surface area contributed by atoms with Crippen molar-refractivity contribution in [3.8, 4) is 0 Å². The molecule has 0 spiro atoms. The van der Waals surface area contributed by atoms with Gasteiger partial charge >= 0.3 is 0 Å². The monoisotopic (exact) mass is 142 g/mol. The highest BCUT2D eigenvalue weighted by Crippen LogP contribution is 2.12. The molecule has 0 aromatic carbocycles. The van der Waals surface area contributed by atoms with Crippen LogP contribution in [0.1, 0.15) is 13.8 Å². The number of nitrogens with zero attached hydrogens (tertiary/aromatic N) is 2. The van der Waals surface area contributed by atoms with Crippen LogP contribution in [0.15, 0.2) is 4.99 Å². The van der Waals surface area contributed by atoms with Crippen molar-refractivity contribution in [2.24, 2.45) is 4.99 Å². The topological polar surface area (TPSA) is 24.8 Å². The largest absolute Gasteiger partial charge is 0.460 e. The number of hydrogen-bond donors (Lipinski definition) is 0. The van der Waals surface area contributed by atoms with Gasteiger partial charge in [-0.25, -0.2) is 4.99 Å². The summed E-state index contributed by atoms with van der Waals surface area (Å²) >= 11 is 0. The summed E-state index contributed by atoms with van der Waals surface area (Å²) in [5.74, 6) is 0. The van der Waals surface area contributed by atoms with Gasteiger partial charge in [0.1, 0.15) is 6.10 Å². The molecule has 0 saturated heterocycles. The summed E-state index contributed by atoms with van der Waals surface area (Å²) in [5, 5.41) is 0. The maximum Gasteiger partial charge on any atom is 0.287 e. The number of rotatable bonds is 0. The van der Waals surface area contributed by atoms with Crippen LogP contribution >= 0.6 is 0 Å². The van der Waals surface area contributed by atoms with Crippen molar-refractivity contribution in [2.45, 2.75) is 26.0 Å². The number of aliphatic imine (C=N–C) groups is 1. The molecule has 1 aliphatic rings. The summed E-state index contributed by atoms with van der Waals surface area (Å²) in [4.78, 5) is 6.18. The Morgan fingerprint density at radius 2 is 2.00 bits per heavy atom. The molecule has 1 heterocycles. The van der Waals surface area contributed by atoms with E-state index in [2.05, 4.69) is 11.9 Å². The number of hydrogen-bond acceptors (Lipinski definition) is 3. The number of ether oxygens (including phenoxy) is 1. The maximum absolute atomic E-state index is 5.41. The van der Waals surface area contributed by atoms with Gasteiger partial charge in [-0.3, -0.25) is 0 Å². The molecule has 1 rings (SSSR count). The minimum Gasteiger partial charge on any atom is -0.460 e. The van der Waals surface area contributed by atoms with Crippen LogP contribution < -0.4 is 0 Å². The van der Waals surface area contributed by atoms with Crippen molar-refractivity contribution < 1.29 is 4.74 Å². The van der Waals surface area contributed by atoms with Crippen LogP contribution in [0, 0.1) is 0 Å². The lowest BCUT2D eigenvalue weighted by atomic mass is 10.2. The van der Waals surface area contributed by atoms with Gasteiger partial charge in [0.25, 0.3) is 6.02 Å². The highest BCUT2D eigenvalue weighted by Gasteiger charge is 2.23. The Morgan fingerprint density at radius 3 is 2.20 bits per heavy atom. The predicted molar refractivity (Wildman–Crippen MR) is 41.1 cm³/mol. The van der Waals surface area contributed by atoms with Gasteiger partial charge in [0.2, 0.25) is 0 Å². The first-order chi connectivity index (χ1) is 4.61. The zero-order valence-electron chi connectivity index (χ0n) is 6.96. The van der Waals surface area contributed by atoms with Gasteiger partial charge in [0.15, 0.2) is 0 Å². The van der Waals surface area contributed by atoms with Crippen LogP contribution in [-0.4, -0.2) is 37.2 Å². The quantitative estimate of drug-likeness (QED) is 0.497. The molecule has 0 fully saturated rings. The van der Waals surface area contributed by atoms with Gasteiger partial charge in [-0.2, -0.15) is 0 Å². The van der Waals surface area contributed by atoms with E-state index in [0.29, 0.717) is 6.04 Å². The normalized spacial score (nSPS) is 31.4. The second kappa shape index (κ2) is 2.48. The van der Waals surface area contributed by atoms with E-state index >= 15 is 0 Å². The van der Waals surface area contributed by atoms with Gasteiger partial charge in [0, 0.05) is 14.1 Å². The SMILES string of the molecule is C[C@H]1N=C(N(C)C)O[C@@H]1C. The highest BCUT2D eigenvalue weighted by molar-refractivity contribution is 5.75. The van der Waals surface area contributed by atoms with Gasteiger partial charge in [-0.05, 0) is 13.8 Å². The van der Waals surface area contributed by atoms with E-state index in [1.165, 1.54) is 0 Å². The third kappa shape index (κ3) is 1.23. The molecule has 1 aliphatic heterocycles. The van der Waals surface area contributed by atoms with Crippen molar-refractivity contribution >= 4 is 6.02 Å².